The van der Waals surface area contributed by atoms with E-state index in [-0.39, 0.29) is 5.56 Å². The Balaban J connectivity index is 2.10. The first-order chi connectivity index (χ1) is 10.8. The first-order valence-electron chi connectivity index (χ1n) is 6.25. The molecule has 0 aromatic heterocycles. The topological polar surface area (TPSA) is 84.5 Å². The molecule has 0 heterocycles. The van der Waals surface area contributed by atoms with Crippen LogP contribution in [-0.2, 0) is 10.0 Å². The fourth-order valence-electron chi connectivity index (χ4n) is 1.68. The molecule has 0 atom stereocenters. The molecule has 0 aliphatic heterocycles. The smallest absolute Gasteiger partial charge is 0.266 e. The van der Waals surface area contributed by atoms with Crippen LogP contribution in [0.3, 0.4) is 0 Å². The molecule has 0 aliphatic rings. The lowest BCUT2D eigenvalue weighted by Crippen LogP contribution is -2.41. The van der Waals surface area contributed by atoms with Crippen molar-refractivity contribution >= 4 is 15.9 Å². The van der Waals surface area contributed by atoms with Gasteiger partial charge in [-0.1, -0.05) is 0 Å². The average Bonchev–Trinajstić information content (AvgIpc) is 2.52. The molecule has 0 aliphatic carbocycles. The van der Waals surface area contributed by atoms with Crippen LogP contribution in [0.5, 0.6) is 5.75 Å². The zero-order valence-corrected chi connectivity index (χ0v) is 12.7. The van der Waals surface area contributed by atoms with Gasteiger partial charge >= 0.3 is 0 Å². The van der Waals surface area contributed by atoms with Crippen molar-refractivity contribution < 1.29 is 26.7 Å². The minimum absolute atomic E-state index is 0.160. The molecule has 0 bridgehead atoms. The lowest BCUT2D eigenvalue weighted by Gasteiger charge is -2.09. The van der Waals surface area contributed by atoms with Crippen LogP contribution < -0.4 is 15.0 Å². The van der Waals surface area contributed by atoms with Crippen molar-refractivity contribution in [1.82, 2.24) is 10.3 Å². The molecule has 6 nitrogen and oxygen atoms in total. The number of benzene rings is 2. The number of hydrazine groups is 1. The van der Waals surface area contributed by atoms with E-state index in [9.17, 15) is 22.0 Å². The molecule has 0 unspecified atom stereocenters. The quantitative estimate of drug-likeness (QED) is 0.809. The van der Waals surface area contributed by atoms with Crippen LogP contribution in [0.1, 0.15) is 10.4 Å². The normalized spacial score (nSPS) is 11.1. The third-order valence-corrected chi connectivity index (χ3v) is 4.12. The third kappa shape index (κ3) is 4.02. The monoisotopic (exact) mass is 342 g/mol. The molecule has 0 saturated carbocycles. The van der Waals surface area contributed by atoms with Gasteiger partial charge in [0.25, 0.3) is 15.9 Å². The molecule has 2 aromatic rings. The Labute approximate surface area is 131 Å². The number of carbonyl (C=O) groups is 1. The fraction of sp³-hybridized carbons (Fsp3) is 0.0714. The average molecular weight is 342 g/mol. The molecule has 2 N–H and O–H groups in total. The van der Waals surface area contributed by atoms with Gasteiger partial charge in [-0.3, -0.25) is 10.2 Å². The van der Waals surface area contributed by atoms with Gasteiger partial charge in [-0.15, -0.1) is 4.83 Å². The molecule has 1 amide bonds. The Hall–Kier alpha value is -2.52. The van der Waals surface area contributed by atoms with Crippen molar-refractivity contribution in [3.05, 3.63) is 59.7 Å². The lowest BCUT2D eigenvalue weighted by atomic mass is 10.2. The molecular weight excluding hydrogens is 330 g/mol. The van der Waals surface area contributed by atoms with E-state index in [1.165, 1.54) is 31.4 Å². The molecule has 23 heavy (non-hydrogen) atoms. The Morgan fingerprint density at radius 1 is 1.09 bits per heavy atom. The van der Waals surface area contributed by atoms with Gasteiger partial charge in [-0.05, 0) is 36.4 Å². The van der Waals surface area contributed by atoms with Gasteiger partial charge in [0.15, 0.2) is 0 Å². The van der Waals surface area contributed by atoms with Crippen LogP contribution in [0.25, 0.3) is 0 Å². The van der Waals surface area contributed by atoms with Crippen molar-refractivity contribution in [2.45, 2.75) is 4.90 Å². The van der Waals surface area contributed by atoms with Gasteiger partial charge in [0.2, 0.25) is 0 Å². The van der Waals surface area contributed by atoms with Crippen molar-refractivity contribution in [3.8, 4) is 5.75 Å². The summed E-state index contributed by atoms with van der Waals surface area (Å²) < 4.78 is 55.0. The first kappa shape index (κ1) is 16.8. The first-order valence-corrected chi connectivity index (χ1v) is 7.73. The van der Waals surface area contributed by atoms with Gasteiger partial charge in [0.1, 0.15) is 22.3 Å². The number of amides is 1. The Bertz CT molecular complexity index is 823. The second kappa shape index (κ2) is 6.71. The molecule has 0 saturated heterocycles. The summed E-state index contributed by atoms with van der Waals surface area (Å²) >= 11 is 0. The highest BCUT2D eigenvalue weighted by atomic mass is 32.2. The minimum Gasteiger partial charge on any atom is -0.497 e. The van der Waals surface area contributed by atoms with E-state index in [2.05, 4.69) is 0 Å². The summed E-state index contributed by atoms with van der Waals surface area (Å²) in [5, 5.41) is 0. The van der Waals surface area contributed by atoms with Crippen molar-refractivity contribution in [1.29, 1.82) is 0 Å². The summed E-state index contributed by atoms with van der Waals surface area (Å²) in [7, 11) is -2.91. The van der Waals surface area contributed by atoms with Crippen molar-refractivity contribution in [2.75, 3.05) is 7.11 Å². The van der Waals surface area contributed by atoms with Gasteiger partial charge < -0.3 is 4.74 Å². The number of halogens is 2. The Kier molecular flexibility index (Phi) is 4.92. The number of ether oxygens (including phenoxy) is 1. The van der Waals surface area contributed by atoms with E-state index in [0.29, 0.717) is 11.8 Å². The highest BCUT2D eigenvalue weighted by molar-refractivity contribution is 7.89. The number of hydrogen-bond acceptors (Lipinski definition) is 4. The van der Waals surface area contributed by atoms with Crippen LogP contribution in [0, 0.1) is 11.6 Å². The van der Waals surface area contributed by atoms with Gasteiger partial charge in [0.05, 0.1) is 7.11 Å². The molecular formula is C14H12F2N2O4S. The van der Waals surface area contributed by atoms with Gasteiger partial charge in [-0.25, -0.2) is 17.2 Å². The van der Waals surface area contributed by atoms with Crippen molar-refractivity contribution in [2.24, 2.45) is 0 Å². The number of methoxy groups -OCH3 is 1. The zero-order chi connectivity index (χ0) is 17.0. The van der Waals surface area contributed by atoms with Gasteiger partial charge in [-0.2, -0.15) is 0 Å². The van der Waals surface area contributed by atoms with Crippen LogP contribution in [0.4, 0.5) is 8.78 Å². The predicted octanol–water partition coefficient (Wildman–Crippen LogP) is 1.60. The van der Waals surface area contributed by atoms with Crippen LogP contribution in [0.15, 0.2) is 47.4 Å². The van der Waals surface area contributed by atoms with Crippen LogP contribution >= 0.6 is 0 Å². The molecule has 0 spiro atoms. The van der Waals surface area contributed by atoms with Crippen molar-refractivity contribution in [3.63, 3.8) is 0 Å². The summed E-state index contributed by atoms with van der Waals surface area (Å²) in [4.78, 5) is 12.8. The van der Waals surface area contributed by atoms with E-state index < -0.39 is 32.5 Å². The van der Waals surface area contributed by atoms with E-state index in [1.54, 1.807) is 4.83 Å². The number of nitrogens with one attached hydrogen (secondary N) is 2. The largest absolute Gasteiger partial charge is 0.497 e. The molecule has 0 fully saturated rings. The molecule has 2 rings (SSSR count). The number of carbonyl (C=O) groups excluding carboxylic acids is 1. The summed E-state index contributed by atoms with van der Waals surface area (Å²) in [6.07, 6.45) is 0. The summed E-state index contributed by atoms with van der Waals surface area (Å²) in [5.41, 5.74) is 2.10. The predicted molar refractivity (Wildman–Crippen MR) is 77.1 cm³/mol. The lowest BCUT2D eigenvalue weighted by molar-refractivity contribution is 0.0945. The minimum atomic E-state index is -4.37. The number of hydrogen-bond donors (Lipinski definition) is 2. The Morgan fingerprint density at radius 2 is 1.74 bits per heavy atom. The number of rotatable bonds is 5. The molecule has 2 aromatic carbocycles. The van der Waals surface area contributed by atoms with E-state index in [0.717, 1.165) is 12.1 Å². The maximum Gasteiger partial charge on any atom is 0.266 e. The standard InChI is InChI=1S/C14H12F2N2O4S/c1-22-11-5-2-9(3-6-11)14(19)17-18-23(20,21)13-7-4-10(15)8-12(13)16/h2-8,18H,1H3,(H,17,19). The molecule has 9 heteroatoms. The highest BCUT2D eigenvalue weighted by Crippen LogP contribution is 2.15. The zero-order valence-electron chi connectivity index (χ0n) is 11.8. The van der Waals surface area contributed by atoms with E-state index >= 15 is 0 Å². The van der Waals surface area contributed by atoms with Crippen LogP contribution in [0.2, 0.25) is 0 Å². The maximum absolute atomic E-state index is 13.5. The van der Waals surface area contributed by atoms with E-state index in [4.69, 9.17) is 4.74 Å². The third-order valence-electron chi connectivity index (χ3n) is 2.83. The summed E-state index contributed by atoms with van der Waals surface area (Å²) in [5.74, 6) is -2.41. The second-order valence-corrected chi connectivity index (χ2v) is 6.01. The summed E-state index contributed by atoms with van der Waals surface area (Å²) in [6, 6.07) is 7.85. The van der Waals surface area contributed by atoms with E-state index in [1.807, 2.05) is 5.43 Å². The molecule has 122 valence electrons. The maximum atomic E-state index is 13.5. The van der Waals surface area contributed by atoms with Crippen LogP contribution in [-0.4, -0.2) is 21.4 Å². The Morgan fingerprint density at radius 3 is 2.30 bits per heavy atom. The summed E-state index contributed by atoms with van der Waals surface area (Å²) in [6.45, 7) is 0. The fourth-order valence-corrected chi connectivity index (χ4v) is 2.58. The molecule has 0 radical (unpaired) electrons. The number of sulfonamides is 1. The SMILES string of the molecule is COc1ccc(C(=O)NNS(=O)(=O)c2ccc(F)cc2F)cc1. The second-order valence-electron chi connectivity index (χ2n) is 4.36. The highest BCUT2D eigenvalue weighted by Gasteiger charge is 2.20. The van der Waals surface area contributed by atoms with Gasteiger partial charge in [0, 0.05) is 11.6 Å².